The summed E-state index contributed by atoms with van der Waals surface area (Å²) in [4.78, 5) is 26.0. The van der Waals surface area contributed by atoms with Crippen LogP contribution in [0, 0.1) is 0 Å². The van der Waals surface area contributed by atoms with E-state index in [4.69, 9.17) is 11.6 Å². The van der Waals surface area contributed by atoms with Crippen molar-refractivity contribution >= 4 is 29.3 Å². The van der Waals surface area contributed by atoms with E-state index in [0.29, 0.717) is 5.02 Å². The minimum atomic E-state index is -0.989. The fourth-order valence-corrected chi connectivity index (χ4v) is 0.929. The van der Waals surface area contributed by atoms with Crippen LogP contribution in [-0.2, 0) is 14.3 Å². The molecule has 0 bridgehead atoms. The third kappa shape index (κ3) is 3.70. The second-order valence-electron chi connectivity index (χ2n) is 2.70. The molecule has 5 nitrogen and oxygen atoms in total. The van der Waals surface area contributed by atoms with Crippen LogP contribution in [0.15, 0.2) is 31.0 Å². The van der Waals surface area contributed by atoms with Crippen molar-refractivity contribution in [2.75, 3.05) is 11.9 Å². The second-order valence-corrected chi connectivity index (χ2v) is 3.14. The van der Waals surface area contributed by atoms with Crippen LogP contribution in [0.5, 0.6) is 0 Å². The number of halogens is 1. The SMILES string of the molecule is C=CCOC(=O)C(=O)Nc1ccc(Cl)cn1. The minimum absolute atomic E-state index is 0.0136. The lowest BCUT2D eigenvalue weighted by molar-refractivity contribution is -0.151. The molecule has 0 saturated heterocycles. The normalized spacial score (nSPS) is 9.31. The Balaban J connectivity index is 2.54. The Kier molecular flexibility index (Phi) is 4.47. The highest BCUT2D eigenvalue weighted by Gasteiger charge is 2.15. The first kappa shape index (κ1) is 12.2. The van der Waals surface area contributed by atoms with Gasteiger partial charge in [-0.15, -0.1) is 0 Å². The summed E-state index contributed by atoms with van der Waals surface area (Å²) in [5, 5.41) is 2.70. The fraction of sp³-hybridized carbons (Fsp3) is 0.100. The summed E-state index contributed by atoms with van der Waals surface area (Å²) in [6.07, 6.45) is 2.72. The number of hydrogen-bond donors (Lipinski definition) is 1. The number of anilines is 1. The monoisotopic (exact) mass is 240 g/mol. The molecule has 1 aromatic rings. The molecule has 0 unspecified atom stereocenters. The van der Waals surface area contributed by atoms with Gasteiger partial charge in [0.05, 0.1) is 5.02 Å². The third-order valence-electron chi connectivity index (χ3n) is 1.49. The number of nitrogens with one attached hydrogen (secondary N) is 1. The predicted octanol–water partition coefficient (Wildman–Crippen LogP) is 1.40. The summed E-state index contributed by atoms with van der Waals surface area (Å²) in [5.74, 6) is -1.65. The van der Waals surface area contributed by atoms with Gasteiger partial charge in [0, 0.05) is 6.20 Å². The Hall–Kier alpha value is -1.88. The number of ether oxygens (including phenoxy) is 1. The van der Waals surface area contributed by atoms with Crippen molar-refractivity contribution in [2.45, 2.75) is 0 Å². The molecule has 1 amide bonds. The molecule has 1 N–H and O–H groups in total. The number of carbonyl (C=O) groups excluding carboxylic acids is 2. The van der Waals surface area contributed by atoms with Gasteiger partial charge in [-0.2, -0.15) is 0 Å². The van der Waals surface area contributed by atoms with E-state index < -0.39 is 11.9 Å². The number of amides is 1. The van der Waals surface area contributed by atoms with Gasteiger partial charge in [0.1, 0.15) is 12.4 Å². The van der Waals surface area contributed by atoms with Gasteiger partial charge in [-0.05, 0) is 12.1 Å². The highest BCUT2D eigenvalue weighted by molar-refractivity contribution is 6.37. The molecule has 0 radical (unpaired) electrons. The number of carbonyl (C=O) groups is 2. The van der Waals surface area contributed by atoms with E-state index in [0.717, 1.165) is 0 Å². The maximum Gasteiger partial charge on any atom is 0.397 e. The molecule has 0 aliphatic heterocycles. The molecular weight excluding hydrogens is 232 g/mol. The molecule has 0 spiro atoms. The van der Waals surface area contributed by atoms with E-state index in [1.807, 2.05) is 0 Å². The Morgan fingerprint density at radius 1 is 1.56 bits per heavy atom. The van der Waals surface area contributed by atoms with Crippen LogP contribution in [0.3, 0.4) is 0 Å². The summed E-state index contributed by atoms with van der Waals surface area (Å²) < 4.78 is 4.53. The number of rotatable bonds is 3. The van der Waals surface area contributed by atoms with Crippen LogP contribution >= 0.6 is 11.6 Å². The van der Waals surface area contributed by atoms with Crippen molar-refractivity contribution in [2.24, 2.45) is 0 Å². The van der Waals surface area contributed by atoms with Gasteiger partial charge in [-0.3, -0.25) is 4.79 Å². The summed E-state index contributed by atoms with van der Waals surface area (Å²) in [7, 11) is 0. The van der Waals surface area contributed by atoms with Crippen molar-refractivity contribution in [3.05, 3.63) is 36.0 Å². The number of pyridine rings is 1. The average molecular weight is 241 g/mol. The Morgan fingerprint density at radius 2 is 2.31 bits per heavy atom. The summed E-state index contributed by atoms with van der Waals surface area (Å²) in [6, 6.07) is 3.01. The first-order valence-electron chi connectivity index (χ1n) is 4.34. The molecule has 1 rings (SSSR count). The number of aromatic nitrogens is 1. The largest absolute Gasteiger partial charge is 0.454 e. The number of nitrogens with zero attached hydrogens (tertiary/aromatic N) is 1. The third-order valence-corrected chi connectivity index (χ3v) is 1.71. The maximum absolute atomic E-state index is 11.2. The smallest absolute Gasteiger partial charge is 0.397 e. The zero-order chi connectivity index (χ0) is 12.0. The lowest BCUT2D eigenvalue weighted by Crippen LogP contribution is -2.25. The van der Waals surface area contributed by atoms with E-state index >= 15 is 0 Å². The first-order chi connectivity index (χ1) is 7.63. The molecule has 0 saturated carbocycles. The van der Waals surface area contributed by atoms with Crippen LogP contribution in [0.1, 0.15) is 0 Å². The quantitative estimate of drug-likeness (QED) is 0.493. The van der Waals surface area contributed by atoms with Crippen molar-refractivity contribution < 1.29 is 14.3 Å². The number of esters is 1. The van der Waals surface area contributed by atoms with E-state index in [1.54, 1.807) is 6.07 Å². The van der Waals surface area contributed by atoms with Crippen LogP contribution in [0.25, 0.3) is 0 Å². The van der Waals surface area contributed by atoms with E-state index in [1.165, 1.54) is 18.3 Å². The Bertz CT molecular complexity index is 403. The molecule has 1 aromatic heterocycles. The predicted molar refractivity (Wildman–Crippen MR) is 59.0 cm³/mol. The van der Waals surface area contributed by atoms with Gasteiger partial charge in [0.2, 0.25) is 0 Å². The highest BCUT2D eigenvalue weighted by atomic mass is 35.5. The van der Waals surface area contributed by atoms with Crippen molar-refractivity contribution in [1.29, 1.82) is 0 Å². The van der Waals surface area contributed by atoms with E-state index in [-0.39, 0.29) is 12.4 Å². The summed E-state index contributed by atoms with van der Waals surface area (Å²) >= 11 is 5.60. The average Bonchev–Trinajstić information content (AvgIpc) is 2.29. The van der Waals surface area contributed by atoms with Crippen LogP contribution in [-0.4, -0.2) is 23.5 Å². The molecule has 0 fully saturated rings. The molecule has 1 heterocycles. The lowest BCUT2D eigenvalue weighted by Gasteiger charge is -2.03. The highest BCUT2D eigenvalue weighted by Crippen LogP contribution is 2.09. The molecular formula is C10H9ClN2O3. The van der Waals surface area contributed by atoms with Crippen molar-refractivity contribution in [3.63, 3.8) is 0 Å². The van der Waals surface area contributed by atoms with Crippen molar-refractivity contribution in [3.8, 4) is 0 Å². The minimum Gasteiger partial charge on any atom is -0.454 e. The molecule has 6 heteroatoms. The van der Waals surface area contributed by atoms with E-state index in [2.05, 4.69) is 21.6 Å². The van der Waals surface area contributed by atoms with Gasteiger partial charge < -0.3 is 10.1 Å². The molecule has 0 aliphatic carbocycles. The van der Waals surface area contributed by atoms with Gasteiger partial charge in [-0.1, -0.05) is 24.3 Å². The number of hydrogen-bond acceptors (Lipinski definition) is 4. The van der Waals surface area contributed by atoms with Crippen LogP contribution in [0.4, 0.5) is 5.82 Å². The van der Waals surface area contributed by atoms with Gasteiger partial charge in [-0.25, -0.2) is 9.78 Å². The lowest BCUT2D eigenvalue weighted by atomic mass is 10.4. The van der Waals surface area contributed by atoms with Crippen LogP contribution in [0.2, 0.25) is 5.02 Å². The molecule has 0 atom stereocenters. The fourth-order valence-electron chi connectivity index (χ4n) is 0.817. The summed E-state index contributed by atoms with van der Waals surface area (Å²) in [6.45, 7) is 3.34. The second kappa shape index (κ2) is 5.87. The maximum atomic E-state index is 11.2. The molecule has 16 heavy (non-hydrogen) atoms. The van der Waals surface area contributed by atoms with Gasteiger partial charge in [0.25, 0.3) is 0 Å². The Morgan fingerprint density at radius 3 is 2.88 bits per heavy atom. The zero-order valence-electron chi connectivity index (χ0n) is 8.27. The topological polar surface area (TPSA) is 68.3 Å². The van der Waals surface area contributed by atoms with Gasteiger partial charge in [0.15, 0.2) is 0 Å². The first-order valence-corrected chi connectivity index (χ1v) is 4.72. The summed E-state index contributed by atoms with van der Waals surface area (Å²) in [5.41, 5.74) is 0. The standard InChI is InChI=1S/C10H9ClN2O3/c1-2-5-16-10(15)9(14)13-8-4-3-7(11)6-12-8/h2-4,6H,1,5H2,(H,12,13,14). The molecule has 84 valence electrons. The van der Waals surface area contributed by atoms with Gasteiger partial charge >= 0.3 is 11.9 Å². The zero-order valence-corrected chi connectivity index (χ0v) is 9.03. The molecule has 0 aliphatic rings. The Labute approximate surface area is 97.1 Å². The molecule has 0 aromatic carbocycles. The van der Waals surface area contributed by atoms with Crippen LogP contribution < -0.4 is 5.32 Å². The van der Waals surface area contributed by atoms with E-state index in [9.17, 15) is 9.59 Å². The van der Waals surface area contributed by atoms with Crippen molar-refractivity contribution in [1.82, 2.24) is 4.98 Å².